The third kappa shape index (κ3) is 10.4. The van der Waals surface area contributed by atoms with Crippen molar-refractivity contribution in [1.29, 1.82) is 0 Å². The summed E-state index contributed by atoms with van der Waals surface area (Å²) in [7, 11) is -2.82. The Morgan fingerprint density at radius 2 is 1.72 bits per heavy atom. The highest BCUT2D eigenvalue weighted by Gasteiger charge is 2.62. The average Bonchev–Trinajstić information content (AvgIpc) is 3.79. The van der Waals surface area contributed by atoms with Gasteiger partial charge in [-0.1, -0.05) is 74.9 Å². The fourth-order valence-electron chi connectivity index (χ4n) is 8.29. The molecule has 4 amide bonds. The number of fused-ring (bicyclic) bond motifs is 3. The molecule has 7 rings (SSSR count). The van der Waals surface area contributed by atoms with Gasteiger partial charge in [0.25, 0.3) is 15.9 Å². The summed E-state index contributed by atoms with van der Waals surface area (Å²) in [6.45, 7) is 9.19. The molecule has 1 saturated carbocycles. The number of anilines is 1. The van der Waals surface area contributed by atoms with Gasteiger partial charge < -0.3 is 35.1 Å². The van der Waals surface area contributed by atoms with E-state index < -0.39 is 75.0 Å². The van der Waals surface area contributed by atoms with Gasteiger partial charge in [-0.05, 0) is 76.6 Å². The predicted molar refractivity (Wildman–Crippen MR) is 243 cm³/mol. The molecule has 0 spiro atoms. The molecule has 64 heavy (non-hydrogen) atoms. The predicted octanol–water partition coefficient (Wildman–Crippen LogP) is 6.73. The fraction of sp³-hybridized carbons (Fsp3) is 0.438. The SMILES string of the molecule is COc1ccc2c(O[C@@H]3C[C@@H](C(=O)N[C@]45C[C@H]4/C=C\CCCCCNc4ccccc4S(=O)(=O)NC5=O)N(C(=O)[C@H](NC(=O)OC(C)(C)C)C(C)C)C3)cc(-c3ccccc3)nc2c1. The van der Waals surface area contributed by atoms with Crippen LogP contribution in [0.5, 0.6) is 11.5 Å². The molecule has 1 aromatic heterocycles. The standard InChI is InChI=1S/C48H58N6O9S/c1-30(2)42(51-46(58)63-47(3,4)5)44(56)54-29-34(62-40-27-37(31-17-11-10-12-18-31)50-38-25-33(61-6)22-23-35(38)40)26-39(54)43(55)52-48-28-32(48)19-13-8-7-9-16-24-49-36-20-14-15-21-41(36)64(59,60)53-45(48)57/h10-15,17-23,25,27,30,32,34,39,42,49H,7-9,16,24,26,28-29H2,1-6H3,(H,51,58)(H,52,55)(H,53,57)/b19-13-/t32-,34-,39+,42-,48-/m1/s1. The molecule has 5 atom stereocenters. The number of benzene rings is 3. The molecule has 0 unspecified atom stereocenters. The number of sulfonamides is 1. The minimum atomic E-state index is -4.39. The third-order valence-electron chi connectivity index (χ3n) is 11.7. The first-order chi connectivity index (χ1) is 30.5. The van der Waals surface area contributed by atoms with Gasteiger partial charge in [-0.15, -0.1) is 0 Å². The maximum Gasteiger partial charge on any atom is 0.408 e. The minimum Gasteiger partial charge on any atom is -0.497 e. The second kappa shape index (κ2) is 18.9. The highest BCUT2D eigenvalue weighted by Crippen LogP contribution is 2.46. The number of carbonyl (C=O) groups excluding carboxylic acids is 4. The normalized spacial score (nSPS) is 23.1. The molecule has 4 aromatic rings. The van der Waals surface area contributed by atoms with Crippen LogP contribution in [-0.4, -0.2) is 91.6 Å². The van der Waals surface area contributed by atoms with Crippen LogP contribution in [0.2, 0.25) is 0 Å². The lowest BCUT2D eigenvalue weighted by atomic mass is 10.0. The summed E-state index contributed by atoms with van der Waals surface area (Å²) >= 11 is 0. The summed E-state index contributed by atoms with van der Waals surface area (Å²) in [5.74, 6) is -1.99. The van der Waals surface area contributed by atoms with Gasteiger partial charge in [0.1, 0.15) is 45.7 Å². The number of carbonyl (C=O) groups is 4. The third-order valence-corrected chi connectivity index (χ3v) is 13.1. The van der Waals surface area contributed by atoms with E-state index in [1.807, 2.05) is 54.6 Å². The van der Waals surface area contributed by atoms with E-state index in [1.165, 1.54) is 11.0 Å². The molecule has 4 N–H and O–H groups in total. The van der Waals surface area contributed by atoms with Gasteiger partial charge in [-0.3, -0.25) is 14.4 Å². The molecule has 340 valence electrons. The first kappa shape index (κ1) is 45.9. The average molecular weight is 895 g/mol. The fourth-order valence-corrected chi connectivity index (χ4v) is 9.51. The zero-order chi connectivity index (χ0) is 45.8. The van der Waals surface area contributed by atoms with E-state index in [2.05, 4.69) is 20.7 Å². The van der Waals surface area contributed by atoms with Gasteiger partial charge in [-0.25, -0.2) is 22.9 Å². The van der Waals surface area contributed by atoms with Gasteiger partial charge >= 0.3 is 6.09 Å². The number of hydrogen-bond acceptors (Lipinski definition) is 11. The second-order valence-corrected chi connectivity index (χ2v) is 19.7. The lowest BCUT2D eigenvalue weighted by Crippen LogP contribution is -2.59. The van der Waals surface area contributed by atoms with Crippen molar-refractivity contribution in [3.8, 4) is 22.8 Å². The first-order valence-electron chi connectivity index (χ1n) is 21.9. The highest BCUT2D eigenvalue weighted by molar-refractivity contribution is 7.90. The Morgan fingerprint density at radius 1 is 0.969 bits per heavy atom. The first-order valence-corrected chi connectivity index (χ1v) is 23.4. The number of methoxy groups -OCH3 is 1. The Bertz CT molecular complexity index is 2530. The Balaban J connectivity index is 1.23. The number of para-hydroxylation sites is 1. The maximum absolute atomic E-state index is 14.8. The zero-order valence-electron chi connectivity index (χ0n) is 37.2. The number of alkyl carbamates (subject to hydrolysis) is 1. The van der Waals surface area contributed by atoms with Crippen LogP contribution in [0, 0.1) is 11.8 Å². The smallest absolute Gasteiger partial charge is 0.408 e. The summed E-state index contributed by atoms with van der Waals surface area (Å²) in [5, 5.41) is 9.52. The molecule has 3 aliphatic rings. The van der Waals surface area contributed by atoms with E-state index in [0.29, 0.717) is 40.3 Å². The van der Waals surface area contributed by atoms with Crippen molar-refractivity contribution in [3.63, 3.8) is 0 Å². The van der Waals surface area contributed by atoms with Gasteiger partial charge in [0.05, 0.1) is 30.6 Å². The van der Waals surface area contributed by atoms with Crippen molar-refractivity contribution in [1.82, 2.24) is 25.2 Å². The molecule has 0 bridgehead atoms. The number of allylic oxidation sites excluding steroid dienone is 1. The summed E-state index contributed by atoms with van der Waals surface area (Å²) in [6.07, 6.45) is 5.78. The van der Waals surface area contributed by atoms with Crippen molar-refractivity contribution < 1.29 is 41.8 Å². The number of hydrogen-bond donors (Lipinski definition) is 4. The molecule has 3 aromatic carbocycles. The molecule has 1 saturated heterocycles. The number of pyridine rings is 1. The van der Waals surface area contributed by atoms with E-state index in [1.54, 1.807) is 72.1 Å². The summed E-state index contributed by atoms with van der Waals surface area (Å²) in [4.78, 5) is 63.2. The number of amides is 4. The number of aromatic nitrogens is 1. The molecule has 0 radical (unpaired) electrons. The Hall–Kier alpha value is -6.16. The van der Waals surface area contributed by atoms with Gasteiger partial charge in [0.2, 0.25) is 11.8 Å². The molecule has 2 fully saturated rings. The lowest BCUT2D eigenvalue weighted by molar-refractivity contribution is -0.141. The quantitative estimate of drug-likeness (QED) is 0.130. The van der Waals surface area contributed by atoms with E-state index in [0.717, 1.165) is 31.2 Å². The number of nitrogens with zero attached hydrogens (tertiary/aromatic N) is 2. The van der Waals surface area contributed by atoms with E-state index in [-0.39, 0.29) is 24.3 Å². The van der Waals surface area contributed by atoms with Gasteiger partial charge in [0.15, 0.2) is 0 Å². The summed E-state index contributed by atoms with van der Waals surface area (Å²) < 4.78 is 47.8. The van der Waals surface area contributed by atoms with Crippen LogP contribution in [-0.2, 0) is 29.1 Å². The van der Waals surface area contributed by atoms with Gasteiger partial charge in [-0.2, -0.15) is 0 Å². The second-order valence-electron chi connectivity index (χ2n) is 18.0. The lowest BCUT2D eigenvalue weighted by Gasteiger charge is -2.31. The zero-order valence-corrected chi connectivity index (χ0v) is 38.0. The van der Waals surface area contributed by atoms with Crippen molar-refractivity contribution >= 4 is 50.4 Å². The largest absolute Gasteiger partial charge is 0.497 e. The molecular weight excluding hydrogens is 837 g/mol. The molecule has 2 aliphatic heterocycles. The molecule has 1 aliphatic carbocycles. The molecule has 15 nitrogen and oxygen atoms in total. The number of rotatable bonds is 9. The molecule has 3 heterocycles. The molecular formula is C48H58N6O9S. The van der Waals surface area contributed by atoms with Crippen molar-refractivity contribution in [3.05, 3.63) is 91.0 Å². The van der Waals surface area contributed by atoms with Crippen LogP contribution < -0.4 is 30.1 Å². The van der Waals surface area contributed by atoms with Crippen LogP contribution >= 0.6 is 0 Å². The van der Waals surface area contributed by atoms with E-state index >= 15 is 0 Å². The van der Waals surface area contributed by atoms with Crippen molar-refractivity contribution in [2.75, 3.05) is 25.5 Å². The number of ether oxygens (including phenoxy) is 3. The van der Waals surface area contributed by atoms with Crippen LogP contribution in [0.25, 0.3) is 22.2 Å². The Kier molecular flexibility index (Phi) is 13.5. The maximum atomic E-state index is 14.8. The van der Waals surface area contributed by atoms with E-state index in [4.69, 9.17) is 19.2 Å². The topological polar surface area (TPSA) is 194 Å². The monoisotopic (exact) mass is 894 g/mol. The highest BCUT2D eigenvalue weighted by atomic mass is 32.2. The van der Waals surface area contributed by atoms with Crippen molar-refractivity contribution in [2.24, 2.45) is 11.8 Å². The Morgan fingerprint density at radius 3 is 2.45 bits per heavy atom. The summed E-state index contributed by atoms with van der Waals surface area (Å²) in [5.41, 5.74) is -0.0254. The van der Waals surface area contributed by atoms with E-state index in [9.17, 15) is 27.6 Å². The van der Waals surface area contributed by atoms with Crippen LogP contribution in [0.15, 0.2) is 95.9 Å². The van der Waals surface area contributed by atoms with Crippen LogP contribution in [0.1, 0.15) is 73.1 Å². The van der Waals surface area contributed by atoms with Crippen LogP contribution in [0.4, 0.5) is 10.5 Å². The van der Waals surface area contributed by atoms with Crippen molar-refractivity contribution in [2.45, 2.75) is 107 Å². The molecule has 16 heteroatoms. The van der Waals surface area contributed by atoms with Gasteiger partial charge in [0, 0.05) is 42.0 Å². The minimum absolute atomic E-state index is 0.00498. The summed E-state index contributed by atoms with van der Waals surface area (Å²) in [6, 6.07) is 20.9. The number of nitrogens with one attached hydrogen (secondary N) is 4. The Labute approximate surface area is 374 Å². The van der Waals surface area contributed by atoms with Crippen LogP contribution in [0.3, 0.4) is 0 Å². The number of likely N-dealkylation sites (tertiary alicyclic amines) is 1.